The van der Waals surface area contributed by atoms with E-state index in [9.17, 15) is 45.9 Å². The molecule has 1 aliphatic heterocycles. The topological polar surface area (TPSA) is 198 Å². The molecule has 0 aliphatic carbocycles. The van der Waals surface area contributed by atoms with Crippen LogP contribution < -0.4 is 5.46 Å². The Bertz CT molecular complexity index is 2940. The molecule has 5 aromatic rings. The first-order valence-electron chi connectivity index (χ1n) is 24.8. The Morgan fingerprint density at radius 2 is 0.871 bits per heavy atom. The fourth-order valence-electron chi connectivity index (χ4n) is 5.95. The molecule has 0 atom stereocenters. The molecule has 0 spiro atoms. The summed E-state index contributed by atoms with van der Waals surface area (Å²) in [5.74, 6) is -5.63. The molecular formula is C56H65BBrCl6CuF5O14S. The van der Waals surface area contributed by atoms with Crippen LogP contribution in [0.25, 0.3) is 0 Å². The number of esters is 4. The third-order valence-electron chi connectivity index (χ3n) is 11.1. The number of aromatic carboxylic acids is 1. The summed E-state index contributed by atoms with van der Waals surface area (Å²) in [5, 5.41) is 16.8. The Morgan fingerprint density at radius 1 is 0.565 bits per heavy atom. The number of hydrogen-bond donors (Lipinski definition) is 2. The molecule has 29 heteroatoms. The van der Waals surface area contributed by atoms with Gasteiger partial charge in [0.05, 0.1) is 65.4 Å². The van der Waals surface area contributed by atoms with Gasteiger partial charge in [0, 0.05) is 54.5 Å². The molecule has 1 heterocycles. The Kier molecular flexibility index (Phi) is 41.7. The monoisotopic (exact) mass is 1450 g/mol. The molecular weight excluding hydrogens is 1390 g/mol. The van der Waals surface area contributed by atoms with Gasteiger partial charge in [0.25, 0.3) is 0 Å². The normalized spacial score (nSPS) is 12.1. The average Bonchev–Trinajstić information content (AvgIpc) is 3.35. The van der Waals surface area contributed by atoms with Gasteiger partial charge in [0.2, 0.25) is 9.23 Å². The van der Waals surface area contributed by atoms with Crippen LogP contribution in [0, 0.1) is 56.8 Å². The van der Waals surface area contributed by atoms with E-state index in [1.54, 1.807) is 80.5 Å². The van der Waals surface area contributed by atoms with Gasteiger partial charge >= 0.3 is 70.3 Å². The molecule has 2 N–H and O–H groups in total. The summed E-state index contributed by atoms with van der Waals surface area (Å²) in [6, 6.07) is 15.9. The fourth-order valence-corrected chi connectivity index (χ4v) is 7.16. The molecule has 1 saturated heterocycles. The predicted molar refractivity (Wildman–Crippen MR) is 324 cm³/mol. The van der Waals surface area contributed by atoms with Gasteiger partial charge < -0.3 is 38.5 Å². The molecule has 0 amide bonds. The van der Waals surface area contributed by atoms with Crippen molar-refractivity contribution in [1.29, 1.82) is 0 Å². The molecule has 0 aromatic heterocycles. The van der Waals surface area contributed by atoms with Gasteiger partial charge in [-0.1, -0.05) is 51.3 Å². The van der Waals surface area contributed by atoms with E-state index in [0.717, 1.165) is 31.3 Å². The van der Waals surface area contributed by atoms with Crippen molar-refractivity contribution in [2.75, 3.05) is 33.0 Å². The number of ether oxygens (including phenoxy) is 4. The summed E-state index contributed by atoms with van der Waals surface area (Å²) in [7, 11) is 16.0. The Labute approximate surface area is 537 Å². The predicted octanol–water partition coefficient (Wildman–Crippen LogP) is 15.7. The van der Waals surface area contributed by atoms with Crippen molar-refractivity contribution in [2.24, 2.45) is 0 Å². The minimum atomic E-state index is -1.67. The standard InChI is InChI=1S/C16H22BFO4.C10H9BrClFO2.C10H10ClFO2.C10H11FO2.C8H7FO2.C2H6O.Cl2OS.2ClH.Cu/c1-7-20-14(19)11-8-12(10(2)13(18)9-11)17-21-15(3,4)16(5,6)22-17;1-2-15-10(14)6-3-8(12)7(5-11)9(13)4-6;1-3-14-10(13)7-4-8(11)6(2)9(12)5-7;1-3-13-10(12)8-5-4-7(2)9(11)6-8;1-5-2-3-6(8(10)11)4-7(5)9;1-2-3;1-4(2)3;;;/h8-9H,7H2,1-6H3;3-4H,2,5H2,1H3;4-5H,3H2,1-2H3;4-6H,3H2,1-2H3;2-4H,1H3,(H,10,11);3H,2H2,1H3;;2*1H;/q;;;;;;;;;+2/p-2. The van der Waals surface area contributed by atoms with E-state index in [4.69, 9.17) is 65.9 Å². The van der Waals surface area contributed by atoms with E-state index in [-0.39, 0.29) is 70.1 Å². The molecule has 6 rings (SSSR count). The van der Waals surface area contributed by atoms with E-state index in [1.165, 1.54) is 36.4 Å². The van der Waals surface area contributed by atoms with Gasteiger partial charge in [-0.3, -0.25) is 0 Å². The number of aryl methyl sites for hydroxylation is 2. The molecule has 85 heavy (non-hydrogen) atoms. The molecule has 0 saturated carbocycles. The van der Waals surface area contributed by atoms with Gasteiger partial charge in [-0.05, 0) is 173 Å². The molecule has 0 unspecified atom stereocenters. The SMILES string of the molecule is CCO.CCOC(=O)c1cc(F)c(C)c(B2OC(C)(C)C(C)(C)O2)c1.CCOC(=O)c1cc(F)c(C)c(Cl)c1.CCOC(=O)c1cc(F)c(CBr)c(Cl)c1.CCOC(=O)c1ccc(C)c(F)c1.Cc1ccc(C(=O)O)cc1F.O=S(Cl)Cl.[Cl][Cu][Cl]. The molecule has 477 valence electrons. The van der Waals surface area contributed by atoms with Crippen LogP contribution in [0.2, 0.25) is 10.0 Å². The average molecular weight is 1460 g/mol. The van der Waals surface area contributed by atoms with Crippen molar-refractivity contribution in [3.63, 3.8) is 0 Å². The van der Waals surface area contributed by atoms with E-state index in [2.05, 4.69) is 57.5 Å². The first-order valence-corrected chi connectivity index (χ1v) is 32.1. The summed E-state index contributed by atoms with van der Waals surface area (Å²) >= 11 is 15.4. The molecule has 0 bridgehead atoms. The summed E-state index contributed by atoms with van der Waals surface area (Å²) in [6.45, 7) is 23.9. The fraction of sp³-hybridized carbons (Fsp3) is 0.375. The number of alkyl halides is 1. The first-order chi connectivity index (χ1) is 39.6. The van der Waals surface area contributed by atoms with E-state index >= 15 is 0 Å². The van der Waals surface area contributed by atoms with Crippen LogP contribution in [0.5, 0.6) is 0 Å². The zero-order valence-electron chi connectivity index (χ0n) is 48.3. The van der Waals surface area contributed by atoms with Crippen LogP contribution in [0.1, 0.15) is 142 Å². The first kappa shape index (κ1) is 83.0. The van der Waals surface area contributed by atoms with Crippen molar-refractivity contribution >= 4 is 132 Å². The number of carboxylic acids is 1. The van der Waals surface area contributed by atoms with Gasteiger partial charge in [0.15, 0.2) is 0 Å². The number of aliphatic hydroxyl groups is 1. The minimum absolute atomic E-state index is 0.0203. The second-order valence-corrected chi connectivity index (χ2v) is 23.0. The number of benzene rings is 5. The number of hydrogen-bond acceptors (Lipinski definition) is 13. The van der Waals surface area contributed by atoms with E-state index in [1.807, 2.05) is 27.7 Å². The summed E-state index contributed by atoms with van der Waals surface area (Å²) in [5.41, 5.74) is 2.18. The van der Waals surface area contributed by atoms with Crippen molar-refractivity contribution in [3.8, 4) is 0 Å². The van der Waals surface area contributed by atoms with Crippen LogP contribution >= 0.6 is 80.7 Å². The quantitative estimate of drug-likeness (QED) is 0.0316. The number of aliphatic hydroxyl groups excluding tert-OH is 1. The maximum absolute atomic E-state index is 14.2. The van der Waals surface area contributed by atoms with Crippen LogP contribution in [0.3, 0.4) is 0 Å². The second-order valence-electron chi connectivity index (χ2n) is 17.5. The van der Waals surface area contributed by atoms with E-state index < -0.39 is 80.7 Å². The third-order valence-corrected chi connectivity index (χ3v) is 12.4. The van der Waals surface area contributed by atoms with Crippen LogP contribution in [0.15, 0.2) is 72.8 Å². The number of halogens is 12. The maximum atomic E-state index is 14.2. The van der Waals surface area contributed by atoms with Crippen LogP contribution in [0.4, 0.5) is 22.0 Å². The Morgan fingerprint density at radius 3 is 1.20 bits per heavy atom. The molecule has 5 aromatic carbocycles. The van der Waals surface area contributed by atoms with Crippen molar-refractivity contribution < 1.29 is 102 Å². The zero-order valence-corrected chi connectivity index (χ0v) is 56.2. The van der Waals surface area contributed by atoms with Crippen LogP contribution in [-0.2, 0) is 55.9 Å². The molecule has 0 radical (unpaired) electrons. The van der Waals surface area contributed by atoms with Crippen LogP contribution in [-0.4, -0.2) is 95.6 Å². The summed E-state index contributed by atoms with van der Waals surface area (Å²) in [6.07, 6.45) is 0. The number of rotatable bonds is 11. The van der Waals surface area contributed by atoms with Crippen molar-refractivity contribution in [1.82, 2.24) is 0 Å². The van der Waals surface area contributed by atoms with Gasteiger partial charge in [0.1, 0.15) is 29.1 Å². The molecule has 14 nitrogen and oxygen atoms in total. The summed E-state index contributed by atoms with van der Waals surface area (Å²) in [4.78, 5) is 55.8. The molecule has 1 fully saturated rings. The number of carboxylic acid groups (broad SMARTS) is 1. The Balaban J connectivity index is 0. The number of carbonyl (C=O) groups excluding carboxylic acids is 4. The van der Waals surface area contributed by atoms with Gasteiger partial charge in [-0.2, -0.15) is 0 Å². The van der Waals surface area contributed by atoms with Gasteiger partial charge in [-0.15, -0.1) is 0 Å². The number of carbonyl (C=O) groups is 5. The van der Waals surface area contributed by atoms with Crippen molar-refractivity contribution in [2.45, 2.75) is 107 Å². The zero-order chi connectivity index (χ0) is 66.1. The van der Waals surface area contributed by atoms with E-state index in [0.29, 0.717) is 45.2 Å². The molecule has 1 aliphatic rings. The third kappa shape index (κ3) is 30.1. The second kappa shape index (κ2) is 42.8. The van der Waals surface area contributed by atoms with Crippen molar-refractivity contribution in [3.05, 3.63) is 168 Å². The Hall–Kier alpha value is -4.07. The summed E-state index contributed by atoms with van der Waals surface area (Å²) < 4.78 is 106. The van der Waals surface area contributed by atoms with Gasteiger partial charge in [-0.25, -0.2) is 50.1 Å².